The third kappa shape index (κ3) is 4.99. The van der Waals surface area contributed by atoms with E-state index >= 15 is 0 Å². The standard InChI is InChI=1S/C26H31N5OS/c1-2-31-25(22-13-14-22)27-28-26(31)33-19-23(32)29-15-17-30(18-16-29)24(20-9-5-3-6-10-20)21-11-7-4-8-12-21/h3-12,22,24H,2,13-19H2,1H3. The summed E-state index contributed by atoms with van der Waals surface area (Å²) in [5.74, 6) is 2.27. The van der Waals surface area contributed by atoms with Crippen LogP contribution in [0.25, 0.3) is 0 Å². The Morgan fingerprint density at radius 1 is 0.939 bits per heavy atom. The normalized spacial score (nSPS) is 17.0. The van der Waals surface area contributed by atoms with E-state index in [1.54, 1.807) is 0 Å². The SMILES string of the molecule is CCn1c(SCC(=O)N2CCN(C(c3ccccc3)c3ccccc3)CC2)nnc1C1CC1. The zero-order chi connectivity index (χ0) is 22.6. The van der Waals surface area contributed by atoms with E-state index in [4.69, 9.17) is 0 Å². The second-order valence-corrected chi connectivity index (χ2v) is 9.73. The van der Waals surface area contributed by atoms with Crippen LogP contribution in [-0.2, 0) is 11.3 Å². The summed E-state index contributed by atoms with van der Waals surface area (Å²) in [4.78, 5) is 17.5. The molecule has 0 atom stereocenters. The van der Waals surface area contributed by atoms with Gasteiger partial charge in [0.2, 0.25) is 5.91 Å². The fraction of sp³-hybridized carbons (Fsp3) is 0.423. The highest BCUT2D eigenvalue weighted by Crippen LogP contribution is 2.40. The molecule has 1 aromatic heterocycles. The Balaban J connectivity index is 1.21. The Morgan fingerprint density at radius 3 is 2.09 bits per heavy atom. The fourth-order valence-corrected chi connectivity index (χ4v) is 5.59. The first-order valence-electron chi connectivity index (χ1n) is 11.9. The van der Waals surface area contributed by atoms with Gasteiger partial charge in [0.1, 0.15) is 5.82 Å². The maximum atomic E-state index is 13.0. The van der Waals surface area contributed by atoms with Crippen LogP contribution in [0.15, 0.2) is 65.8 Å². The van der Waals surface area contributed by atoms with Crippen LogP contribution in [0, 0.1) is 0 Å². The van der Waals surface area contributed by atoms with Gasteiger partial charge < -0.3 is 9.47 Å². The van der Waals surface area contributed by atoms with E-state index in [-0.39, 0.29) is 11.9 Å². The van der Waals surface area contributed by atoms with Crippen molar-refractivity contribution in [3.05, 3.63) is 77.6 Å². The number of nitrogens with zero attached hydrogens (tertiary/aromatic N) is 5. The maximum absolute atomic E-state index is 13.0. The van der Waals surface area contributed by atoms with Crippen molar-refractivity contribution >= 4 is 17.7 Å². The number of hydrogen-bond donors (Lipinski definition) is 0. The van der Waals surface area contributed by atoms with Crippen LogP contribution in [0.1, 0.15) is 48.7 Å². The molecular weight excluding hydrogens is 430 g/mol. The summed E-state index contributed by atoms with van der Waals surface area (Å²) in [6.45, 7) is 6.21. The summed E-state index contributed by atoms with van der Waals surface area (Å²) >= 11 is 1.52. The molecule has 2 fully saturated rings. The van der Waals surface area contributed by atoms with Crippen molar-refractivity contribution in [2.24, 2.45) is 0 Å². The summed E-state index contributed by atoms with van der Waals surface area (Å²) in [6.07, 6.45) is 2.41. The van der Waals surface area contributed by atoms with Gasteiger partial charge in [0.15, 0.2) is 5.16 Å². The van der Waals surface area contributed by atoms with Gasteiger partial charge in [-0.15, -0.1) is 10.2 Å². The van der Waals surface area contributed by atoms with Crippen molar-refractivity contribution in [2.45, 2.75) is 43.4 Å². The number of thioether (sulfide) groups is 1. The zero-order valence-corrected chi connectivity index (χ0v) is 20.0. The summed E-state index contributed by atoms with van der Waals surface area (Å²) in [5, 5.41) is 9.63. The maximum Gasteiger partial charge on any atom is 0.233 e. The van der Waals surface area contributed by atoms with E-state index < -0.39 is 0 Å². The summed E-state index contributed by atoms with van der Waals surface area (Å²) in [7, 11) is 0. The topological polar surface area (TPSA) is 54.3 Å². The molecule has 2 aliphatic rings. The van der Waals surface area contributed by atoms with Crippen LogP contribution in [0.5, 0.6) is 0 Å². The highest BCUT2D eigenvalue weighted by molar-refractivity contribution is 7.99. The Kier molecular flexibility index (Phi) is 6.78. The van der Waals surface area contributed by atoms with Gasteiger partial charge >= 0.3 is 0 Å². The van der Waals surface area contributed by atoms with Crippen LogP contribution >= 0.6 is 11.8 Å². The highest BCUT2D eigenvalue weighted by Gasteiger charge is 2.31. The monoisotopic (exact) mass is 461 g/mol. The molecule has 5 rings (SSSR count). The number of benzene rings is 2. The Bertz CT molecular complexity index is 1020. The first kappa shape index (κ1) is 22.2. The number of aromatic nitrogens is 3. The van der Waals surface area contributed by atoms with Crippen molar-refractivity contribution in [1.82, 2.24) is 24.6 Å². The first-order valence-corrected chi connectivity index (χ1v) is 12.9. The molecule has 1 amide bonds. The Hall–Kier alpha value is -2.64. The molecule has 0 bridgehead atoms. The predicted octanol–water partition coefficient (Wildman–Crippen LogP) is 4.20. The molecule has 172 valence electrons. The molecule has 0 radical (unpaired) electrons. The fourth-order valence-electron chi connectivity index (χ4n) is 4.68. The molecule has 2 heterocycles. The molecule has 3 aromatic rings. The lowest BCUT2D eigenvalue weighted by atomic mass is 9.96. The van der Waals surface area contributed by atoms with Crippen LogP contribution in [-0.4, -0.2) is 62.4 Å². The Labute approximate surface area is 200 Å². The van der Waals surface area contributed by atoms with E-state index in [1.165, 1.54) is 35.7 Å². The highest BCUT2D eigenvalue weighted by atomic mass is 32.2. The third-order valence-corrected chi connectivity index (χ3v) is 7.54. The second kappa shape index (κ2) is 10.1. The van der Waals surface area contributed by atoms with Gasteiger partial charge in [-0.05, 0) is 30.9 Å². The molecule has 2 aromatic carbocycles. The van der Waals surface area contributed by atoms with Gasteiger partial charge in [-0.25, -0.2) is 0 Å². The van der Waals surface area contributed by atoms with Crippen LogP contribution in [0.3, 0.4) is 0 Å². The minimum atomic E-state index is 0.189. The van der Waals surface area contributed by atoms with Gasteiger partial charge in [-0.2, -0.15) is 0 Å². The summed E-state index contributed by atoms with van der Waals surface area (Å²) < 4.78 is 2.18. The quantitative estimate of drug-likeness (QED) is 0.471. The Morgan fingerprint density at radius 2 is 1.55 bits per heavy atom. The lowest BCUT2D eigenvalue weighted by Gasteiger charge is -2.39. The molecular formula is C26H31N5OS. The molecule has 1 aliphatic heterocycles. The molecule has 7 heteroatoms. The minimum absolute atomic E-state index is 0.189. The van der Waals surface area contributed by atoms with Crippen molar-refractivity contribution in [3.63, 3.8) is 0 Å². The number of carbonyl (C=O) groups is 1. The van der Waals surface area contributed by atoms with Crippen LogP contribution < -0.4 is 0 Å². The zero-order valence-electron chi connectivity index (χ0n) is 19.1. The van der Waals surface area contributed by atoms with E-state index in [0.717, 1.165) is 43.7 Å². The number of hydrogen-bond acceptors (Lipinski definition) is 5. The number of piperazine rings is 1. The van der Waals surface area contributed by atoms with Crippen molar-refractivity contribution in [2.75, 3.05) is 31.9 Å². The molecule has 0 unspecified atom stereocenters. The van der Waals surface area contributed by atoms with Gasteiger partial charge in [0.25, 0.3) is 0 Å². The number of amides is 1. The average molecular weight is 462 g/mol. The summed E-state index contributed by atoms with van der Waals surface area (Å²) in [5.41, 5.74) is 2.59. The average Bonchev–Trinajstić information content (AvgIpc) is 3.64. The van der Waals surface area contributed by atoms with Gasteiger partial charge in [-0.1, -0.05) is 72.4 Å². The second-order valence-electron chi connectivity index (χ2n) is 8.79. The van der Waals surface area contributed by atoms with E-state index in [0.29, 0.717) is 11.7 Å². The van der Waals surface area contributed by atoms with E-state index in [2.05, 4.69) is 87.3 Å². The van der Waals surface area contributed by atoms with Crippen molar-refractivity contribution in [1.29, 1.82) is 0 Å². The minimum Gasteiger partial charge on any atom is -0.339 e. The molecule has 0 N–H and O–H groups in total. The predicted molar refractivity (Wildman–Crippen MR) is 131 cm³/mol. The molecule has 1 aliphatic carbocycles. The van der Waals surface area contributed by atoms with Gasteiger partial charge in [0.05, 0.1) is 11.8 Å². The molecule has 1 saturated carbocycles. The molecule has 33 heavy (non-hydrogen) atoms. The third-order valence-electron chi connectivity index (χ3n) is 6.59. The lowest BCUT2D eigenvalue weighted by molar-refractivity contribution is -0.130. The van der Waals surface area contributed by atoms with Gasteiger partial charge in [0, 0.05) is 38.6 Å². The lowest BCUT2D eigenvalue weighted by Crippen LogP contribution is -2.50. The van der Waals surface area contributed by atoms with E-state index in [1.807, 2.05) is 4.90 Å². The molecule has 6 nitrogen and oxygen atoms in total. The smallest absolute Gasteiger partial charge is 0.233 e. The van der Waals surface area contributed by atoms with Crippen LogP contribution in [0.2, 0.25) is 0 Å². The molecule has 1 saturated heterocycles. The summed E-state index contributed by atoms with van der Waals surface area (Å²) in [6, 6.07) is 21.5. The van der Waals surface area contributed by atoms with Crippen molar-refractivity contribution < 1.29 is 4.79 Å². The van der Waals surface area contributed by atoms with E-state index in [9.17, 15) is 4.79 Å². The van der Waals surface area contributed by atoms with Crippen molar-refractivity contribution in [3.8, 4) is 0 Å². The number of carbonyl (C=O) groups excluding carboxylic acids is 1. The molecule has 0 spiro atoms. The number of rotatable bonds is 8. The largest absolute Gasteiger partial charge is 0.339 e. The first-order chi connectivity index (χ1) is 16.2. The van der Waals surface area contributed by atoms with Gasteiger partial charge in [-0.3, -0.25) is 9.69 Å². The van der Waals surface area contributed by atoms with Crippen LogP contribution in [0.4, 0.5) is 0 Å².